The summed E-state index contributed by atoms with van der Waals surface area (Å²) >= 11 is 1.63. The molecule has 1 amide bonds. The number of imidazole rings is 1. The van der Waals surface area contributed by atoms with Gasteiger partial charge in [-0.25, -0.2) is 4.98 Å². The molecule has 0 radical (unpaired) electrons. The average Bonchev–Trinajstić information content (AvgIpc) is 2.91. The SMILES string of the molecule is COCCNC(=O)CNCc1c(C)nc2scc(C)n12. The molecule has 2 rings (SSSR count). The zero-order valence-corrected chi connectivity index (χ0v) is 12.8. The molecule has 0 spiro atoms. The minimum atomic E-state index is -0.0255. The van der Waals surface area contributed by atoms with Gasteiger partial charge in [0.15, 0.2) is 4.96 Å². The van der Waals surface area contributed by atoms with Gasteiger partial charge in [0.1, 0.15) is 0 Å². The van der Waals surface area contributed by atoms with Gasteiger partial charge in [-0.05, 0) is 13.8 Å². The van der Waals surface area contributed by atoms with Gasteiger partial charge in [-0.15, -0.1) is 11.3 Å². The monoisotopic (exact) mass is 296 g/mol. The van der Waals surface area contributed by atoms with Crippen LogP contribution in [0.25, 0.3) is 4.96 Å². The van der Waals surface area contributed by atoms with Crippen LogP contribution in [0.15, 0.2) is 5.38 Å². The first kappa shape index (κ1) is 15.0. The Morgan fingerprint density at radius 1 is 1.50 bits per heavy atom. The second-order valence-corrected chi connectivity index (χ2v) is 5.42. The summed E-state index contributed by atoms with van der Waals surface area (Å²) in [5.41, 5.74) is 3.29. The number of aryl methyl sites for hydroxylation is 2. The molecule has 2 heterocycles. The molecule has 7 heteroatoms. The lowest BCUT2D eigenvalue weighted by molar-refractivity contribution is -0.120. The number of fused-ring (bicyclic) bond motifs is 1. The van der Waals surface area contributed by atoms with Crippen molar-refractivity contribution in [2.45, 2.75) is 20.4 Å². The Morgan fingerprint density at radius 3 is 3.05 bits per heavy atom. The fourth-order valence-corrected chi connectivity index (χ4v) is 2.96. The van der Waals surface area contributed by atoms with E-state index in [0.29, 0.717) is 26.2 Å². The molecule has 2 N–H and O–H groups in total. The van der Waals surface area contributed by atoms with E-state index in [1.165, 1.54) is 5.69 Å². The van der Waals surface area contributed by atoms with Gasteiger partial charge in [-0.2, -0.15) is 0 Å². The average molecular weight is 296 g/mol. The summed E-state index contributed by atoms with van der Waals surface area (Å²) in [7, 11) is 1.61. The second-order valence-electron chi connectivity index (χ2n) is 4.59. The number of rotatable bonds is 7. The van der Waals surface area contributed by atoms with Crippen LogP contribution in [0.1, 0.15) is 17.1 Å². The third-order valence-electron chi connectivity index (χ3n) is 3.04. The Labute approximate surface area is 122 Å². The number of aromatic nitrogens is 2. The van der Waals surface area contributed by atoms with Crippen molar-refractivity contribution in [3.05, 3.63) is 22.5 Å². The van der Waals surface area contributed by atoms with Crippen molar-refractivity contribution in [3.63, 3.8) is 0 Å². The summed E-state index contributed by atoms with van der Waals surface area (Å²) in [6.45, 7) is 6.04. The van der Waals surface area contributed by atoms with E-state index < -0.39 is 0 Å². The first-order chi connectivity index (χ1) is 9.63. The number of amides is 1. The van der Waals surface area contributed by atoms with Gasteiger partial charge >= 0.3 is 0 Å². The van der Waals surface area contributed by atoms with Crippen LogP contribution in [0.4, 0.5) is 0 Å². The zero-order valence-electron chi connectivity index (χ0n) is 12.0. The number of nitrogens with one attached hydrogen (secondary N) is 2. The standard InChI is InChI=1S/C13H20N4O2S/c1-9-8-20-13-16-10(2)11(17(9)13)6-14-7-12(18)15-4-5-19-3/h8,14H,4-7H2,1-3H3,(H,15,18). The summed E-state index contributed by atoms with van der Waals surface area (Å²) in [4.78, 5) is 17.1. The highest BCUT2D eigenvalue weighted by atomic mass is 32.1. The number of thiazole rings is 1. The molecule has 2 aromatic heterocycles. The Bertz CT molecular complexity index is 590. The van der Waals surface area contributed by atoms with Gasteiger partial charge < -0.3 is 15.4 Å². The molecule has 0 aliphatic carbocycles. The molecule has 0 atom stereocenters. The third-order valence-corrected chi connectivity index (χ3v) is 3.98. The lowest BCUT2D eigenvalue weighted by Crippen LogP contribution is -2.35. The van der Waals surface area contributed by atoms with Gasteiger partial charge in [-0.3, -0.25) is 9.20 Å². The van der Waals surface area contributed by atoms with Crippen LogP contribution >= 0.6 is 11.3 Å². The molecule has 0 aliphatic heterocycles. The molecule has 0 unspecified atom stereocenters. The molecule has 0 aromatic carbocycles. The Kier molecular flexibility index (Phi) is 5.11. The van der Waals surface area contributed by atoms with Gasteiger partial charge in [0.2, 0.25) is 5.91 Å². The van der Waals surface area contributed by atoms with Crippen molar-refractivity contribution >= 4 is 22.2 Å². The van der Waals surface area contributed by atoms with E-state index in [1.54, 1.807) is 18.4 Å². The minimum absolute atomic E-state index is 0.0255. The molecule has 6 nitrogen and oxygen atoms in total. The molecule has 110 valence electrons. The number of carbonyl (C=O) groups excluding carboxylic acids is 1. The maximum Gasteiger partial charge on any atom is 0.234 e. The summed E-state index contributed by atoms with van der Waals surface area (Å²) in [5, 5.41) is 8.02. The fourth-order valence-electron chi connectivity index (χ4n) is 2.03. The number of methoxy groups -OCH3 is 1. The molecule has 2 aromatic rings. The number of hydrogen-bond donors (Lipinski definition) is 2. The molecule has 20 heavy (non-hydrogen) atoms. The lowest BCUT2D eigenvalue weighted by atomic mass is 10.3. The third kappa shape index (κ3) is 3.36. The Balaban J connectivity index is 1.88. The van der Waals surface area contributed by atoms with E-state index >= 15 is 0 Å². The van der Waals surface area contributed by atoms with Crippen LogP contribution in [-0.4, -0.2) is 42.1 Å². The van der Waals surface area contributed by atoms with Gasteiger partial charge in [0.25, 0.3) is 0 Å². The second kappa shape index (κ2) is 6.83. The van der Waals surface area contributed by atoms with Crippen LogP contribution in [0, 0.1) is 13.8 Å². The predicted octanol–water partition coefficient (Wildman–Crippen LogP) is 0.865. The smallest absolute Gasteiger partial charge is 0.234 e. The van der Waals surface area contributed by atoms with Gasteiger partial charge in [0, 0.05) is 31.3 Å². The van der Waals surface area contributed by atoms with Crippen molar-refractivity contribution in [2.75, 3.05) is 26.8 Å². The minimum Gasteiger partial charge on any atom is -0.383 e. The van der Waals surface area contributed by atoms with Crippen LogP contribution in [-0.2, 0) is 16.1 Å². The van der Waals surface area contributed by atoms with Crippen molar-refractivity contribution in [1.82, 2.24) is 20.0 Å². The van der Waals surface area contributed by atoms with E-state index in [0.717, 1.165) is 16.3 Å². The first-order valence-electron chi connectivity index (χ1n) is 6.52. The van der Waals surface area contributed by atoms with E-state index in [4.69, 9.17) is 4.74 Å². The quantitative estimate of drug-likeness (QED) is 0.744. The summed E-state index contributed by atoms with van der Waals surface area (Å²) in [5.74, 6) is -0.0255. The first-order valence-corrected chi connectivity index (χ1v) is 7.40. The molecule has 0 aliphatic rings. The summed E-state index contributed by atoms with van der Waals surface area (Å²) in [6, 6.07) is 0. The molecular formula is C13H20N4O2S. The molecular weight excluding hydrogens is 276 g/mol. The molecule has 0 bridgehead atoms. The highest BCUT2D eigenvalue weighted by molar-refractivity contribution is 7.15. The van der Waals surface area contributed by atoms with E-state index in [-0.39, 0.29) is 5.91 Å². The van der Waals surface area contributed by atoms with Gasteiger partial charge in [0.05, 0.1) is 24.5 Å². The van der Waals surface area contributed by atoms with Crippen molar-refractivity contribution in [2.24, 2.45) is 0 Å². The normalized spacial score (nSPS) is 11.2. The van der Waals surface area contributed by atoms with E-state index in [9.17, 15) is 4.79 Å². The summed E-state index contributed by atoms with van der Waals surface area (Å²) < 4.78 is 7.01. The van der Waals surface area contributed by atoms with E-state index in [2.05, 4.69) is 32.3 Å². The molecule has 0 saturated carbocycles. The lowest BCUT2D eigenvalue weighted by Gasteiger charge is -2.07. The maximum atomic E-state index is 11.6. The molecule has 0 saturated heterocycles. The number of hydrogen-bond acceptors (Lipinski definition) is 5. The number of ether oxygens (including phenoxy) is 1. The van der Waals surface area contributed by atoms with Crippen molar-refractivity contribution in [3.8, 4) is 0 Å². The highest BCUT2D eigenvalue weighted by Crippen LogP contribution is 2.20. The topological polar surface area (TPSA) is 67.7 Å². The van der Waals surface area contributed by atoms with Crippen LogP contribution in [0.3, 0.4) is 0 Å². The fraction of sp³-hybridized carbons (Fsp3) is 0.538. The van der Waals surface area contributed by atoms with Crippen LogP contribution in [0.2, 0.25) is 0 Å². The summed E-state index contributed by atoms with van der Waals surface area (Å²) in [6.07, 6.45) is 0. The van der Waals surface area contributed by atoms with Crippen LogP contribution < -0.4 is 10.6 Å². The largest absolute Gasteiger partial charge is 0.383 e. The van der Waals surface area contributed by atoms with Crippen molar-refractivity contribution < 1.29 is 9.53 Å². The number of carbonyl (C=O) groups is 1. The number of nitrogens with zero attached hydrogens (tertiary/aromatic N) is 2. The predicted molar refractivity (Wildman–Crippen MR) is 79.1 cm³/mol. The Hall–Kier alpha value is -1.44. The highest BCUT2D eigenvalue weighted by Gasteiger charge is 2.12. The van der Waals surface area contributed by atoms with Crippen LogP contribution in [0.5, 0.6) is 0 Å². The zero-order chi connectivity index (χ0) is 14.5. The van der Waals surface area contributed by atoms with E-state index in [1.807, 2.05) is 6.92 Å². The van der Waals surface area contributed by atoms with Gasteiger partial charge in [-0.1, -0.05) is 0 Å². The van der Waals surface area contributed by atoms with Crippen molar-refractivity contribution in [1.29, 1.82) is 0 Å². The molecule has 0 fully saturated rings. The Morgan fingerprint density at radius 2 is 2.30 bits per heavy atom. The maximum absolute atomic E-state index is 11.6.